The third-order valence-corrected chi connectivity index (χ3v) is 4.35. The van der Waals surface area contributed by atoms with E-state index in [4.69, 9.17) is 16.3 Å². The van der Waals surface area contributed by atoms with Gasteiger partial charge in [-0.25, -0.2) is 8.78 Å². The minimum absolute atomic E-state index is 0.189. The quantitative estimate of drug-likeness (QED) is 0.595. The van der Waals surface area contributed by atoms with Crippen LogP contribution >= 0.6 is 23.4 Å². The van der Waals surface area contributed by atoms with E-state index in [1.165, 1.54) is 11.8 Å². The Morgan fingerprint density at radius 3 is 2.52 bits per heavy atom. The van der Waals surface area contributed by atoms with Crippen LogP contribution in [-0.4, -0.2) is 23.7 Å². The number of rotatable bonds is 6. The van der Waals surface area contributed by atoms with Crippen LogP contribution < -0.4 is 5.32 Å². The van der Waals surface area contributed by atoms with Crippen LogP contribution in [-0.2, 0) is 14.3 Å². The van der Waals surface area contributed by atoms with Crippen LogP contribution in [0.15, 0.2) is 47.4 Å². The lowest BCUT2D eigenvalue weighted by Gasteiger charge is -2.11. The third-order valence-electron chi connectivity index (χ3n) is 3.01. The molecule has 0 aliphatic heterocycles. The average Bonchev–Trinajstić information content (AvgIpc) is 2.57. The first kappa shape index (κ1) is 19.2. The number of hydrogen-bond donors (Lipinski definition) is 1. The number of benzene rings is 2. The molecule has 2 rings (SSSR count). The molecule has 1 amide bonds. The molecular weight excluding hydrogens is 372 g/mol. The Hall–Kier alpha value is -2.12. The highest BCUT2D eigenvalue weighted by molar-refractivity contribution is 8.00. The first-order valence-electron chi connectivity index (χ1n) is 7.19. The fourth-order valence-electron chi connectivity index (χ4n) is 1.80. The second-order valence-corrected chi connectivity index (χ2v) is 6.84. The van der Waals surface area contributed by atoms with Gasteiger partial charge in [0.05, 0.1) is 5.69 Å². The SMILES string of the molecule is C[C@H](Sc1ccc(Cl)cc1)C(=O)OCC(=O)Nc1ccc(F)cc1F. The molecule has 0 fully saturated rings. The summed E-state index contributed by atoms with van der Waals surface area (Å²) in [7, 11) is 0. The molecule has 2 aromatic carbocycles. The van der Waals surface area contributed by atoms with Crippen molar-refractivity contribution >= 4 is 40.9 Å². The molecule has 4 nitrogen and oxygen atoms in total. The number of nitrogens with one attached hydrogen (secondary N) is 1. The Morgan fingerprint density at radius 1 is 1.20 bits per heavy atom. The number of hydrogen-bond acceptors (Lipinski definition) is 4. The standard InChI is InChI=1S/C17H14ClF2NO3S/c1-10(25-13-5-2-11(18)3-6-13)17(23)24-9-16(22)21-15-7-4-12(19)8-14(15)20/h2-8,10H,9H2,1H3,(H,21,22)/t10-/m0/s1. The Labute approximate surface area is 152 Å². The summed E-state index contributed by atoms with van der Waals surface area (Å²) in [6.07, 6.45) is 0. The highest BCUT2D eigenvalue weighted by atomic mass is 35.5. The number of esters is 1. The van der Waals surface area contributed by atoms with Crippen molar-refractivity contribution in [1.82, 2.24) is 0 Å². The van der Waals surface area contributed by atoms with Crippen molar-refractivity contribution in [3.8, 4) is 0 Å². The molecule has 1 atom stereocenters. The molecule has 132 valence electrons. The van der Waals surface area contributed by atoms with Gasteiger partial charge in [0.1, 0.15) is 16.9 Å². The van der Waals surface area contributed by atoms with E-state index in [0.717, 1.165) is 17.0 Å². The molecule has 0 unspecified atom stereocenters. The minimum Gasteiger partial charge on any atom is -0.455 e. The van der Waals surface area contributed by atoms with E-state index in [1.54, 1.807) is 31.2 Å². The summed E-state index contributed by atoms with van der Waals surface area (Å²) in [5.41, 5.74) is -0.189. The molecule has 2 aromatic rings. The van der Waals surface area contributed by atoms with Gasteiger partial charge in [0.15, 0.2) is 6.61 Å². The fraction of sp³-hybridized carbons (Fsp3) is 0.176. The van der Waals surface area contributed by atoms with Crippen molar-refractivity contribution < 1.29 is 23.1 Å². The Balaban J connectivity index is 1.82. The lowest BCUT2D eigenvalue weighted by molar-refractivity contribution is -0.146. The van der Waals surface area contributed by atoms with Crippen LogP contribution in [0.1, 0.15) is 6.92 Å². The summed E-state index contributed by atoms with van der Waals surface area (Å²) in [6, 6.07) is 9.67. The molecule has 0 radical (unpaired) electrons. The lowest BCUT2D eigenvalue weighted by Crippen LogP contribution is -2.25. The summed E-state index contributed by atoms with van der Waals surface area (Å²) in [6.45, 7) is 1.07. The van der Waals surface area contributed by atoms with Crippen molar-refractivity contribution in [2.45, 2.75) is 17.1 Å². The highest BCUT2D eigenvalue weighted by Crippen LogP contribution is 2.25. The largest absolute Gasteiger partial charge is 0.455 e. The second kappa shape index (κ2) is 8.82. The maximum absolute atomic E-state index is 13.4. The van der Waals surface area contributed by atoms with Gasteiger partial charge in [0, 0.05) is 16.0 Å². The molecule has 0 bridgehead atoms. The van der Waals surface area contributed by atoms with Gasteiger partial charge in [-0.15, -0.1) is 11.8 Å². The van der Waals surface area contributed by atoms with Gasteiger partial charge < -0.3 is 10.1 Å². The molecular formula is C17H14ClF2NO3S. The van der Waals surface area contributed by atoms with E-state index in [2.05, 4.69) is 5.32 Å². The Morgan fingerprint density at radius 2 is 1.88 bits per heavy atom. The van der Waals surface area contributed by atoms with Crippen LogP contribution in [0.2, 0.25) is 5.02 Å². The third kappa shape index (κ3) is 6.03. The van der Waals surface area contributed by atoms with E-state index in [0.29, 0.717) is 11.1 Å². The van der Waals surface area contributed by atoms with Crippen molar-refractivity contribution in [2.24, 2.45) is 0 Å². The smallest absolute Gasteiger partial charge is 0.319 e. The molecule has 25 heavy (non-hydrogen) atoms. The molecule has 0 spiro atoms. The zero-order valence-electron chi connectivity index (χ0n) is 13.1. The average molecular weight is 386 g/mol. The molecule has 8 heteroatoms. The van der Waals surface area contributed by atoms with Crippen molar-refractivity contribution in [3.05, 3.63) is 59.1 Å². The molecule has 0 saturated carbocycles. The van der Waals surface area contributed by atoms with Gasteiger partial charge in [-0.2, -0.15) is 0 Å². The highest BCUT2D eigenvalue weighted by Gasteiger charge is 2.18. The number of anilines is 1. The van der Waals surface area contributed by atoms with Gasteiger partial charge in [0.25, 0.3) is 5.91 Å². The van der Waals surface area contributed by atoms with Crippen LogP contribution in [0, 0.1) is 11.6 Å². The van der Waals surface area contributed by atoms with Crippen molar-refractivity contribution in [1.29, 1.82) is 0 Å². The van der Waals surface area contributed by atoms with E-state index in [1.807, 2.05) is 0 Å². The second-order valence-electron chi connectivity index (χ2n) is 4.99. The number of thioether (sulfide) groups is 1. The summed E-state index contributed by atoms with van der Waals surface area (Å²) in [5, 5.41) is 2.25. The summed E-state index contributed by atoms with van der Waals surface area (Å²) in [4.78, 5) is 24.4. The molecule has 0 aliphatic carbocycles. The van der Waals surface area contributed by atoms with E-state index < -0.39 is 35.4 Å². The predicted molar refractivity (Wildman–Crippen MR) is 92.7 cm³/mol. The van der Waals surface area contributed by atoms with E-state index in [9.17, 15) is 18.4 Å². The predicted octanol–water partition coefficient (Wildman–Crippen LogP) is 4.28. The normalized spacial score (nSPS) is 11.7. The van der Waals surface area contributed by atoms with Crippen LogP contribution in [0.4, 0.5) is 14.5 Å². The fourth-order valence-corrected chi connectivity index (χ4v) is 2.79. The Kier molecular flexibility index (Phi) is 6.78. The number of halogens is 3. The lowest BCUT2D eigenvalue weighted by atomic mass is 10.3. The van der Waals surface area contributed by atoms with Crippen molar-refractivity contribution in [2.75, 3.05) is 11.9 Å². The maximum Gasteiger partial charge on any atom is 0.319 e. The number of amides is 1. The first-order valence-corrected chi connectivity index (χ1v) is 8.44. The zero-order chi connectivity index (χ0) is 18.4. The van der Waals surface area contributed by atoms with Crippen LogP contribution in [0.3, 0.4) is 0 Å². The van der Waals surface area contributed by atoms with Gasteiger partial charge in [0.2, 0.25) is 0 Å². The number of carbonyl (C=O) groups is 2. The Bertz CT molecular complexity index is 771. The molecule has 1 N–H and O–H groups in total. The van der Waals surface area contributed by atoms with Crippen LogP contribution in [0.5, 0.6) is 0 Å². The van der Waals surface area contributed by atoms with Gasteiger partial charge in [-0.05, 0) is 43.3 Å². The summed E-state index contributed by atoms with van der Waals surface area (Å²) in [5.74, 6) is -2.97. The van der Waals surface area contributed by atoms with Crippen molar-refractivity contribution in [3.63, 3.8) is 0 Å². The summed E-state index contributed by atoms with van der Waals surface area (Å²) >= 11 is 7.04. The molecule has 0 aromatic heterocycles. The monoisotopic (exact) mass is 385 g/mol. The molecule has 0 heterocycles. The maximum atomic E-state index is 13.4. The first-order chi connectivity index (χ1) is 11.8. The zero-order valence-corrected chi connectivity index (χ0v) is 14.7. The molecule has 0 saturated heterocycles. The number of carbonyl (C=O) groups excluding carboxylic acids is 2. The topological polar surface area (TPSA) is 55.4 Å². The van der Waals surface area contributed by atoms with Gasteiger partial charge in [-0.1, -0.05) is 11.6 Å². The molecule has 0 aliphatic rings. The van der Waals surface area contributed by atoms with E-state index >= 15 is 0 Å². The van der Waals surface area contributed by atoms with E-state index in [-0.39, 0.29) is 5.69 Å². The van der Waals surface area contributed by atoms with Gasteiger partial charge >= 0.3 is 5.97 Å². The van der Waals surface area contributed by atoms with Crippen LogP contribution in [0.25, 0.3) is 0 Å². The number of ether oxygens (including phenoxy) is 1. The van der Waals surface area contributed by atoms with Gasteiger partial charge in [-0.3, -0.25) is 9.59 Å². The minimum atomic E-state index is -0.911. The summed E-state index contributed by atoms with van der Waals surface area (Å²) < 4.78 is 31.1.